The zero-order chi connectivity index (χ0) is 14.9. The second kappa shape index (κ2) is 9.15. The maximum absolute atomic E-state index is 12.0. The third-order valence-electron chi connectivity index (χ3n) is 3.47. The fourth-order valence-electron chi connectivity index (χ4n) is 2.36. The van der Waals surface area contributed by atoms with Crippen molar-refractivity contribution in [3.05, 3.63) is 30.3 Å². The van der Waals surface area contributed by atoms with Crippen molar-refractivity contribution in [3.8, 4) is 0 Å². The zero-order valence-electron chi connectivity index (χ0n) is 12.0. The zero-order valence-corrected chi connectivity index (χ0v) is 13.6. The minimum absolute atomic E-state index is 0.0161. The summed E-state index contributed by atoms with van der Waals surface area (Å²) in [6.07, 6.45) is 5.98. The van der Waals surface area contributed by atoms with E-state index >= 15 is 0 Å². The van der Waals surface area contributed by atoms with Crippen LogP contribution in [0.2, 0.25) is 0 Å². The number of benzene rings is 1. The highest BCUT2D eigenvalue weighted by molar-refractivity contribution is 8.14. The molecule has 1 unspecified atom stereocenters. The topological polar surface area (TPSA) is 46.2 Å². The third kappa shape index (κ3) is 6.14. The van der Waals surface area contributed by atoms with Crippen LogP contribution in [0.5, 0.6) is 0 Å². The first-order valence-electron chi connectivity index (χ1n) is 7.36. The molecule has 1 aromatic rings. The Morgan fingerprint density at radius 1 is 1.29 bits per heavy atom. The molecule has 1 aliphatic carbocycles. The first-order valence-corrected chi connectivity index (χ1v) is 9.23. The van der Waals surface area contributed by atoms with Crippen molar-refractivity contribution in [1.82, 2.24) is 5.32 Å². The summed E-state index contributed by atoms with van der Waals surface area (Å²) >= 11 is 3.08. The van der Waals surface area contributed by atoms with Crippen LogP contribution in [0.3, 0.4) is 0 Å². The van der Waals surface area contributed by atoms with E-state index in [1.54, 1.807) is 11.8 Å². The third-order valence-corrected chi connectivity index (χ3v) is 5.78. The quantitative estimate of drug-likeness (QED) is 0.605. The Kier molecular flexibility index (Phi) is 7.16. The van der Waals surface area contributed by atoms with Gasteiger partial charge in [-0.2, -0.15) is 0 Å². The summed E-state index contributed by atoms with van der Waals surface area (Å²) in [4.78, 5) is 24.0. The van der Waals surface area contributed by atoms with Crippen molar-refractivity contribution in [1.29, 1.82) is 0 Å². The van der Waals surface area contributed by atoms with Gasteiger partial charge in [0.1, 0.15) is 6.29 Å². The van der Waals surface area contributed by atoms with Crippen molar-refractivity contribution in [3.63, 3.8) is 0 Å². The van der Waals surface area contributed by atoms with Crippen molar-refractivity contribution < 1.29 is 9.59 Å². The number of carbonyl (C=O) groups excluding carboxylic acids is 2. The summed E-state index contributed by atoms with van der Waals surface area (Å²) in [5.74, 6) is 0.722. The number of amides is 1. The predicted octanol–water partition coefficient (Wildman–Crippen LogP) is 4.12. The number of aldehydes is 1. The monoisotopic (exact) mass is 323 g/mol. The maximum Gasteiger partial charge on any atom is 0.279 e. The molecule has 114 valence electrons. The number of hydrogen-bond acceptors (Lipinski definition) is 4. The van der Waals surface area contributed by atoms with Gasteiger partial charge >= 0.3 is 0 Å². The highest BCUT2D eigenvalue weighted by Gasteiger charge is 2.21. The van der Waals surface area contributed by atoms with E-state index in [2.05, 4.69) is 5.32 Å². The van der Waals surface area contributed by atoms with Crippen LogP contribution in [-0.2, 0) is 4.79 Å². The second-order valence-electron chi connectivity index (χ2n) is 5.18. The van der Waals surface area contributed by atoms with Crippen molar-refractivity contribution in [2.75, 3.05) is 5.75 Å². The van der Waals surface area contributed by atoms with Crippen molar-refractivity contribution >= 4 is 35.0 Å². The van der Waals surface area contributed by atoms with Gasteiger partial charge in [0.05, 0.1) is 0 Å². The molecule has 1 saturated carbocycles. The predicted molar refractivity (Wildman–Crippen MR) is 90.0 cm³/mol. The van der Waals surface area contributed by atoms with Crippen LogP contribution >= 0.6 is 23.5 Å². The molecule has 0 saturated heterocycles. The van der Waals surface area contributed by atoms with Crippen molar-refractivity contribution in [2.45, 2.75) is 48.3 Å². The average Bonchev–Trinajstić information content (AvgIpc) is 2.99. The van der Waals surface area contributed by atoms with Gasteiger partial charge in [-0.15, -0.1) is 11.8 Å². The largest absolute Gasteiger partial charge is 0.343 e. The van der Waals surface area contributed by atoms with Gasteiger partial charge in [-0.05, 0) is 25.0 Å². The van der Waals surface area contributed by atoms with E-state index in [4.69, 9.17) is 0 Å². The van der Waals surface area contributed by atoms with Gasteiger partial charge in [0.25, 0.3) is 5.24 Å². The van der Waals surface area contributed by atoms with Crippen LogP contribution < -0.4 is 5.32 Å². The fraction of sp³-hybridized carbons (Fsp3) is 0.500. The first-order chi connectivity index (χ1) is 10.3. The molecule has 0 bridgehead atoms. The smallest absolute Gasteiger partial charge is 0.279 e. The molecule has 1 atom stereocenters. The lowest BCUT2D eigenvalue weighted by atomic mass is 10.3. The molecule has 2 rings (SSSR count). The Morgan fingerprint density at radius 2 is 2.00 bits per heavy atom. The Morgan fingerprint density at radius 3 is 2.67 bits per heavy atom. The molecule has 0 radical (unpaired) electrons. The Labute approximate surface area is 134 Å². The summed E-state index contributed by atoms with van der Waals surface area (Å²) in [6, 6.07) is 9.95. The standard InChI is InChI=1S/C16H21NO2S2/c18-11-10-13(12-20-14-6-2-1-3-7-14)17-16(19)21-15-8-4-5-9-15/h1-3,6-7,11,13,15H,4-5,8-10,12H2,(H,17,19). The van der Waals surface area contributed by atoms with E-state index in [-0.39, 0.29) is 11.3 Å². The van der Waals surface area contributed by atoms with Gasteiger partial charge in [0.15, 0.2) is 0 Å². The normalized spacial score (nSPS) is 16.6. The second-order valence-corrected chi connectivity index (χ2v) is 7.55. The van der Waals surface area contributed by atoms with E-state index in [1.165, 1.54) is 24.6 Å². The molecule has 1 fully saturated rings. The van der Waals surface area contributed by atoms with Gasteiger partial charge in [-0.1, -0.05) is 42.8 Å². The van der Waals surface area contributed by atoms with E-state index in [0.29, 0.717) is 11.7 Å². The summed E-state index contributed by atoms with van der Waals surface area (Å²) < 4.78 is 0. The van der Waals surface area contributed by atoms with Crippen LogP contribution in [0.25, 0.3) is 0 Å². The molecule has 1 aliphatic rings. The van der Waals surface area contributed by atoms with E-state index in [9.17, 15) is 9.59 Å². The molecule has 1 amide bonds. The highest BCUT2D eigenvalue weighted by Crippen LogP contribution is 2.30. The molecule has 0 aliphatic heterocycles. The van der Waals surface area contributed by atoms with Crippen LogP contribution in [-0.4, -0.2) is 28.6 Å². The molecule has 5 heteroatoms. The summed E-state index contributed by atoms with van der Waals surface area (Å²) in [6.45, 7) is 0. The van der Waals surface area contributed by atoms with Crippen LogP contribution in [0, 0.1) is 0 Å². The lowest BCUT2D eigenvalue weighted by Crippen LogP contribution is -2.35. The Bertz CT molecular complexity index is 447. The number of carbonyl (C=O) groups is 2. The SMILES string of the molecule is O=CCC(CSc1ccccc1)NC(=O)SC1CCCC1. The van der Waals surface area contributed by atoms with Gasteiger partial charge in [-0.3, -0.25) is 4.79 Å². The van der Waals surface area contributed by atoms with E-state index in [1.807, 2.05) is 30.3 Å². The molecule has 3 nitrogen and oxygen atoms in total. The number of rotatable bonds is 7. The molecule has 21 heavy (non-hydrogen) atoms. The number of hydrogen-bond donors (Lipinski definition) is 1. The van der Waals surface area contributed by atoms with Gasteiger partial charge in [-0.25, -0.2) is 0 Å². The highest BCUT2D eigenvalue weighted by atomic mass is 32.2. The Balaban J connectivity index is 1.77. The van der Waals surface area contributed by atoms with Gasteiger partial charge in [0.2, 0.25) is 0 Å². The number of nitrogens with one attached hydrogen (secondary N) is 1. The average molecular weight is 323 g/mol. The molecular weight excluding hydrogens is 302 g/mol. The van der Waals surface area contributed by atoms with Gasteiger partial charge in [0, 0.05) is 28.4 Å². The summed E-state index contributed by atoms with van der Waals surface area (Å²) in [5.41, 5.74) is 0. The van der Waals surface area contributed by atoms with Crippen LogP contribution in [0.1, 0.15) is 32.1 Å². The van der Waals surface area contributed by atoms with Crippen LogP contribution in [0.4, 0.5) is 4.79 Å². The summed E-state index contributed by atoms with van der Waals surface area (Å²) in [5, 5.41) is 3.46. The molecule has 1 aromatic carbocycles. The molecule has 0 heterocycles. The first kappa shape index (κ1) is 16.4. The maximum atomic E-state index is 12.0. The minimum atomic E-state index is -0.0888. The molecule has 0 aromatic heterocycles. The lowest BCUT2D eigenvalue weighted by molar-refractivity contribution is -0.108. The van der Waals surface area contributed by atoms with E-state index in [0.717, 1.165) is 29.8 Å². The number of thioether (sulfide) groups is 2. The Hall–Kier alpha value is -0.940. The molecule has 1 N–H and O–H groups in total. The van der Waals surface area contributed by atoms with E-state index < -0.39 is 0 Å². The van der Waals surface area contributed by atoms with Crippen molar-refractivity contribution in [2.24, 2.45) is 0 Å². The summed E-state index contributed by atoms with van der Waals surface area (Å²) in [7, 11) is 0. The molecular formula is C16H21NO2S2. The van der Waals surface area contributed by atoms with Crippen LogP contribution in [0.15, 0.2) is 35.2 Å². The fourth-order valence-corrected chi connectivity index (χ4v) is 4.43. The lowest BCUT2D eigenvalue weighted by Gasteiger charge is -2.17. The molecule has 0 spiro atoms. The van der Waals surface area contributed by atoms with Gasteiger partial charge < -0.3 is 10.1 Å². The minimum Gasteiger partial charge on any atom is -0.343 e.